The minimum atomic E-state index is -0.164. The Labute approximate surface area is 120 Å². The maximum atomic E-state index is 11.9. The number of carbonyl (C=O) groups is 1. The second-order valence-corrected chi connectivity index (χ2v) is 5.75. The molecular formula is C12H13ClN4OS. The number of nitrogens with zero attached hydrogens (tertiary/aromatic N) is 1. The molecule has 1 saturated heterocycles. The highest BCUT2D eigenvalue weighted by molar-refractivity contribution is 8.13. The Bertz CT molecular complexity index is 536. The molecule has 2 atom stereocenters. The van der Waals surface area contributed by atoms with Crippen LogP contribution in [0.15, 0.2) is 29.3 Å². The quantitative estimate of drug-likeness (QED) is 0.765. The summed E-state index contributed by atoms with van der Waals surface area (Å²) in [5.41, 5.74) is 6.97. The Morgan fingerprint density at radius 1 is 1.42 bits per heavy atom. The van der Waals surface area contributed by atoms with Crippen molar-refractivity contribution in [2.75, 3.05) is 6.54 Å². The van der Waals surface area contributed by atoms with Gasteiger partial charge in [-0.2, -0.15) is 0 Å². The summed E-state index contributed by atoms with van der Waals surface area (Å²) in [7, 11) is 0. The number of thioether (sulfide) groups is 1. The van der Waals surface area contributed by atoms with E-state index in [-0.39, 0.29) is 18.0 Å². The van der Waals surface area contributed by atoms with Crippen molar-refractivity contribution in [3.05, 3.63) is 34.9 Å². The van der Waals surface area contributed by atoms with Crippen LogP contribution in [-0.2, 0) is 10.5 Å². The first-order valence-electron chi connectivity index (χ1n) is 5.97. The van der Waals surface area contributed by atoms with Gasteiger partial charge in [-0.25, -0.2) is 10.4 Å². The highest BCUT2D eigenvalue weighted by Crippen LogP contribution is 2.23. The van der Waals surface area contributed by atoms with E-state index in [9.17, 15) is 4.79 Å². The van der Waals surface area contributed by atoms with Gasteiger partial charge in [0.1, 0.15) is 6.17 Å². The van der Waals surface area contributed by atoms with Crippen molar-refractivity contribution < 1.29 is 4.79 Å². The molecule has 1 fully saturated rings. The average molecular weight is 297 g/mol. The van der Waals surface area contributed by atoms with Crippen molar-refractivity contribution in [1.82, 2.24) is 16.2 Å². The summed E-state index contributed by atoms with van der Waals surface area (Å²) in [5, 5.41) is 4.20. The summed E-state index contributed by atoms with van der Waals surface area (Å²) in [6.45, 7) is 0.614. The van der Waals surface area contributed by atoms with Gasteiger partial charge in [-0.3, -0.25) is 10.2 Å². The first-order chi connectivity index (χ1) is 9.24. The van der Waals surface area contributed by atoms with Gasteiger partial charge in [0.15, 0.2) is 5.17 Å². The molecule has 5 nitrogen and oxygen atoms in total. The number of hydrogen-bond donors (Lipinski definition) is 3. The number of benzene rings is 1. The predicted octanol–water partition coefficient (Wildman–Crippen LogP) is 1.11. The van der Waals surface area contributed by atoms with E-state index in [1.54, 1.807) is 0 Å². The number of halogens is 1. The van der Waals surface area contributed by atoms with Gasteiger partial charge in [0.05, 0.1) is 5.92 Å². The first kappa shape index (κ1) is 12.9. The first-order valence-corrected chi connectivity index (χ1v) is 7.33. The van der Waals surface area contributed by atoms with Crippen LogP contribution in [0, 0.1) is 5.92 Å². The van der Waals surface area contributed by atoms with Crippen LogP contribution >= 0.6 is 23.4 Å². The van der Waals surface area contributed by atoms with Crippen LogP contribution in [-0.4, -0.2) is 23.8 Å². The van der Waals surface area contributed by atoms with Crippen LogP contribution in [0.2, 0.25) is 5.02 Å². The highest BCUT2D eigenvalue weighted by atomic mass is 35.5. The largest absolute Gasteiger partial charge is 0.305 e. The molecule has 3 rings (SSSR count). The molecule has 3 N–H and O–H groups in total. The second-order valence-electron chi connectivity index (χ2n) is 4.38. The topological polar surface area (TPSA) is 65.5 Å². The van der Waals surface area contributed by atoms with Crippen molar-refractivity contribution in [3.63, 3.8) is 0 Å². The Morgan fingerprint density at radius 3 is 3.11 bits per heavy atom. The van der Waals surface area contributed by atoms with E-state index in [0.717, 1.165) is 10.6 Å². The molecule has 1 amide bonds. The minimum absolute atomic E-state index is 0.0131. The van der Waals surface area contributed by atoms with Crippen LogP contribution < -0.4 is 16.2 Å². The van der Waals surface area contributed by atoms with Crippen molar-refractivity contribution in [1.29, 1.82) is 0 Å². The van der Waals surface area contributed by atoms with E-state index >= 15 is 0 Å². The van der Waals surface area contributed by atoms with E-state index in [1.165, 1.54) is 11.8 Å². The molecule has 0 spiro atoms. The van der Waals surface area contributed by atoms with Gasteiger partial charge < -0.3 is 5.32 Å². The minimum Gasteiger partial charge on any atom is -0.305 e. The number of fused-ring (bicyclic) bond motifs is 1. The van der Waals surface area contributed by atoms with Crippen LogP contribution in [0.5, 0.6) is 0 Å². The number of carbonyl (C=O) groups excluding carboxylic acids is 1. The summed E-state index contributed by atoms with van der Waals surface area (Å²) in [5.74, 6) is 0.577. The van der Waals surface area contributed by atoms with Crippen LogP contribution in [0.25, 0.3) is 0 Å². The smallest absolute Gasteiger partial charge is 0.233 e. The van der Waals surface area contributed by atoms with Crippen molar-refractivity contribution >= 4 is 34.4 Å². The fourth-order valence-electron chi connectivity index (χ4n) is 2.04. The number of amides is 1. The maximum Gasteiger partial charge on any atom is 0.233 e. The summed E-state index contributed by atoms with van der Waals surface area (Å²) < 4.78 is 0. The fraction of sp³-hybridized carbons (Fsp3) is 0.333. The third kappa shape index (κ3) is 2.76. The van der Waals surface area contributed by atoms with Crippen LogP contribution in [0.4, 0.5) is 0 Å². The Hall–Kier alpha value is -1.08. The zero-order valence-electron chi connectivity index (χ0n) is 10.0. The van der Waals surface area contributed by atoms with Gasteiger partial charge >= 0.3 is 0 Å². The number of aliphatic imine (C=N–C) groups is 1. The summed E-state index contributed by atoms with van der Waals surface area (Å²) in [6.07, 6.45) is -0.164. The standard InChI is InChI=1S/C12H13ClN4OS/c13-9-4-2-1-3-7(9)6-19-12-15-10-8(5-14-17-10)11(18)16-12/h1-4,8,10,14,17H,5-6H2,(H,15,16,18). The lowest BCUT2D eigenvalue weighted by molar-refractivity contribution is -0.123. The zero-order chi connectivity index (χ0) is 13.2. The second kappa shape index (κ2) is 5.50. The molecule has 1 aromatic carbocycles. The molecule has 7 heteroatoms. The molecule has 0 saturated carbocycles. The Balaban J connectivity index is 1.67. The van der Waals surface area contributed by atoms with Crippen LogP contribution in [0.3, 0.4) is 0 Å². The van der Waals surface area contributed by atoms with Gasteiger partial charge in [0, 0.05) is 17.3 Å². The van der Waals surface area contributed by atoms with Crippen molar-refractivity contribution in [2.45, 2.75) is 11.9 Å². The van der Waals surface area contributed by atoms with E-state index in [1.807, 2.05) is 24.3 Å². The molecule has 100 valence electrons. The maximum absolute atomic E-state index is 11.9. The molecule has 2 unspecified atom stereocenters. The number of hydrogen-bond acceptors (Lipinski definition) is 5. The van der Waals surface area contributed by atoms with Gasteiger partial charge in [0.2, 0.25) is 5.91 Å². The monoisotopic (exact) mass is 296 g/mol. The number of hydrazine groups is 1. The summed E-state index contributed by atoms with van der Waals surface area (Å²) >= 11 is 7.58. The lowest BCUT2D eigenvalue weighted by Crippen LogP contribution is -2.46. The molecule has 2 aliphatic rings. The zero-order valence-corrected chi connectivity index (χ0v) is 11.6. The Kier molecular flexibility index (Phi) is 3.74. The fourth-order valence-corrected chi connectivity index (χ4v) is 3.22. The van der Waals surface area contributed by atoms with Gasteiger partial charge in [-0.1, -0.05) is 41.6 Å². The van der Waals surface area contributed by atoms with Gasteiger partial charge in [-0.15, -0.1) is 0 Å². The van der Waals surface area contributed by atoms with E-state index < -0.39 is 0 Å². The molecule has 19 heavy (non-hydrogen) atoms. The SMILES string of the molecule is O=C1NC(SCc2ccccc2Cl)=NC2NNCC12. The van der Waals surface area contributed by atoms with Crippen molar-refractivity contribution in [3.8, 4) is 0 Å². The van der Waals surface area contributed by atoms with Crippen molar-refractivity contribution in [2.24, 2.45) is 10.9 Å². The third-order valence-corrected chi connectivity index (χ3v) is 4.40. The van der Waals surface area contributed by atoms with Gasteiger partial charge in [0.25, 0.3) is 0 Å². The lowest BCUT2D eigenvalue weighted by Gasteiger charge is -2.22. The molecule has 2 aliphatic heterocycles. The molecule has 0 aromatic heterocycles. The molecule has 0 bridgehead atoms. The number of rotatable bonds is 2. The number of nitrogens with one attached hydrogen (secondary N) is 3. The lowest BCUT2D eigenvalue weighted by atomic mass is 10.1. The van der Waals surface area contributed by atoms with E-state index in [0.29, 0.717) is 17.5 Å². The summed E-state index contributed by atoms with van der Waals surface area (Å²) in [6, 6.07) is 7.67. The average Bonchev–Trinajstić information content (AvgIpc) is 2.87. The van der Waals surface area contributed by atoms with Gasteiger partial charge in [-0.05, 0) is 11.6 Å². The molecule has 0 aliphatic carbocycles. The third-order valence-electron chi connectivity index (χ3n) is 3.10. The molecule has 2 heterocycles. The van der Waals surface area contributed by atoms with Crippen LogP contribution in [0.1, 0.15) is 5.56 Å². The molecular weight excluding hydrogens is 284 g/mol. The van der Waals surface area contributed by atoms with E-state index in [2.05, 4.69) is 21.2 Å². The predicted molar refractivity (Wildman–Crippen MR) is 76.7 cm³/mol. The Morgan fingerprint density at radius 2 is 2.26 bits per heavy atom. The summed E-state index contributed by atoms with van der Waals surface area (Å²) in [4.78, 5) is 16.3. The molecule has 0 radical (unpaired) electrons. The van der Waals surface area contributed by atoms with E-state index in [4.69, 9.17) is 11.6 Å². The highest BCUT2D eigenvalue weighted by Gasteiger charge is 2.36. The number of amidine groups is 1. The molecule has 1 aromatic rings. The normalized spacial score (nSPS) is 25.7.